The van der Waals surface area contributed by atoms with Gasteiger partial charge in [-0.05, 0) is 23.8 Å². The molecule has 0 saturated heterocycles. The number of aromatic hydroxyl groups is 1. The Morgan fingerprint density at radius 1 is 1.14 bits per heavy atom. The highest BCUT2D eigenvalue weighted by atomic mass is 16.5. The topological polar surface area (TPSA) is 67.3 Å². The first-order chi connectivity index (χ1) is 10.3. The molecule has 0 spiro atoms. The molecule has 0 aliphatic rings. The van der Waals surface area contributed by atoms with E-state index >= 15 is 0 Å². The predicted molar refractivity (Wildman–Crippen MR) is 81.5 cm³/mol. The highest BCUT2D eigenvalue weighted by Crippen LogP contribution is 2.26. The van der Waals surface area contributed by atoms with Gasteiger partial charge in [-0.15, -0.1) is 0 Å². The van der Waals surface area contributed by atoms with E-state index in [1.54, 1.807) is 31.6 Å². The van der Waals surface area contributed by atoms with E-state index in [-0.39, 0.29) is 5.75 Å². The lowest BCUT2D eigenvalue weighted by atomic mass is 10.1. The summed E-state index contributed by atoms with van der Waals surface area (Å²) in [7, 11) is 1.62. The second-order valence-electron chi connectivity index (χ2n) is 4.58. The Hall–Kier alpha value is -2.82. The fourth-order valence-electron chi connectivity index (χ4n) is 2.19. The van der Waals surface area contributed by atoms with Gasteiger partial charge in [0.25, 0.3) is 0 Å². The Kier molecular flexibility index (Phi) is 3.55. The number of anilines is 1. The molecule has 1 aromatic carbocycles. The Morgan fingerprint density at radius 3 is 2.90 bits per heavy atom. The molecule has 0 aliphatic carbocycles. The summed E-state index contributed by atoms with van der Waals surface area (Å²) in [4.78, 5) is 8.45. The van der Waals surface area contributed by atoms with Gasteiger partial charge in [-0.25, -0.2) is 4.98 Å². The van der Waals surface area contributed by atoms with Gasteiger partial charge in [0.2, 0.25) is 0 Å². The molecule has 0 fully saturated rings. The van der Waals surface area contributed by atoms with Crippen LogP contribution in [0.4, 0.5) is 5.82 Å². The molecule has 0 aliphatic heterocycles. The first kappa shape index (κ1) is 13.2. The van der Waals surface area contributed by atoms with E-state index in [1.165, 1.54) is 0 Å². The molecule has 21 heavy (non-hydrogen) atoms. The number of nitrogens with one attached hydrogen (secondary N) is 1. The zero-order valence-corrected chi connectivity index (χ0v) is 11.6. The van der Waals surface area contributed by atoms with Gasteiger partial charge in [0, 0.05) is 30.4 Å². The first-order valence-electron chi connectivity index (χ1n) is 6.57. The summed E-state index contributed by atoms with van der Waals surface area (Å²) in [5.74, 6) is 1.68. The van der Waals surface area contributed by atoms with Gasteiger partial charge in [-0.3, -0.25) is 4.98 Å². The lowest BCUT2D eigenvalue weighted by molar-refractivity contribution is 0.414. The smallest absolute Gasteiger partial charge is 0.141 e. The maximum Gasteiger partial charge on any atom is 0.141 e. The Morgan fingerprint density at radius 2 is 2.05 bits per heavy atom. The van der Waals surface area contributed by atoms with Crippen LogP contribution in [0.5, 0.6) is 11.5 Å². The number of phenolic OH excluding ortho intramolecular Hbond substituents is 1. The number of phenols is 1. The van der Waals surface area contributed by atoms with Crippen molar-refractivity contribution in [3.05, 3.63) is 54.4 Å². The molecule has 0 amide bonds. The highest BCUT2D eigenvalue weighted by Gasteiger charge is 2.06. The fourth-order valence-corrected chi connectivity index (χ4v) is 2.19. The SMILES string of the molecule is COc1ccnc(NCc2ccc(O)c3ncccc23)c1. The van der Waals surface area contributed by atoms with Crippen molar-refractivity contribution in [2.75, 3.05) is 12.4 Å². The number of benzene rings is 1. The number of aromatic nitrogens is 2. The molecule has 5 nitrogen and oxygen atoms in total. The third-order valence-corrected chi connectivity index (χ3v) is 3.27. The molecule has 0 radical (unpaired) electrons. The Bertz CT molecular complexity index is 774. The number of rotatable bonds is 4. The van der Waals surface area contributed by atoms with Crippen molar-refractivity contribution in [1.29, 1.82) is 0 Å². The second-order valence-corrected chi connectivity index (χ2v) is 4.58. The standard InChI is InChI=1S/C16H15N3O2/c1-21-12-6-8-17-15(9-12)19-10-11-4-5-14(20)16-13(11)3-2-7-18-16/h2-9,20H,10H2,1H3,(H,17,19). The van der Waals surface area contributed by atoms with Crippen LogP contribution in [0.3, 0.4) is 0 Å². The van der Waals surface area contributed by atoms with Gasteiger partial charge >= 0.3 is 0 Å². The van der Waals surface area contributed by atoms with Crippen LogP contribution in [0, 0.1) is 0 Å². The molecule has 0 saturated carbocycles. The van der Waals surface area contributed by atoms with E-state index in [2.05, 4.69) is 15.3 Å². The third-order valence-electron chi connectivity index (χ3n) is 3.27. The van der Waals surface area contributed by atoms with Crippen LogP contribution < -0.4 is 10.1 Å². The molecule has 2 aromatic heterocycles. The molecule has 0 bridgehead atoms. The van der Waals surface area contributed by atoms with Crippen LogP contribution in [0.15, 0.2) is 48.8 Å². The van der Waals surface area contributed by atoms with Crippen LogP contribution in [0.2, 0.25) is 0 Å². The van der Waals surface area contributed by atoms with Gasteiger partial charge in [0.1, 0.15) is 22.8 Å². The van der Waals surface area contributed by atoms with E-state index in [9.17, 15) is 5.11 Å². The molecule has 2 N–H and O–H groups in total. The summed E-state index contributed by atoms with van der Waals surface area (Å²) < 4.78 is 5.17. The van der Waals surface area contributed by atoms with Crippen molar-refractivity contribution in [3.63, 3.8) is 0 Å². The predicted octanol–water partition coefficient (Wildman–Crippen LogP) is 2.96. The van der Waals surface area contributed by atoms with Gasteiger partial charge in [-0.1, -0.05) is 12.1 Å². The van der Waals surface area contributed by atoms with Gasteiger partial charge in [0.05, 0.1) is 7.11 Å². The van der Waals surface area contributed by atoms with Crippen molar-refractivity contribution in [2.24, 2.45) is 0 Å². The lowest BCUT2D eigenvalue weighted by Crippen LogP contribution is -2.02. The largest absolute Gasteiger partial charge is 0.506 e. The number of methoxy groups -OCH3 is 1. The number of pyridine rings is 2. The molecule has 0 unspecified atom stereocenters. The normalized spacial score (nSPS) is 10.5. The summed E-state index contributed by atoms with van der Waals surface area (Å²) in [5, 5.41) is 14.0. The summed E-state index contributed by atoms with van der Waals surface area (Å²) >= 11 is 0. The minimum atomic E-state index is 0.189. The van der Waals surface area contributed by atoms with Crippen molar-refractivity contribution in [2.45, 2.75) is 6.54 Å². The molecule has 2 heterocycles. The zero-order valence-electron chi connectivity index (χ0n) is 11.6. The van der Waals surface area contributed by atoms with Crippen LogP contribution in [0.1, 0.15) is 5.56 Å². The van der Waals surface area contributed by atoms with Crippen molar-refractivity contribution in [3.8, 4) is 11.5 Å². The van der Waals surface area contributed by atoms with Crippen molar-refractivity contribution < 1.29 is 9.84 Å². The quantitative estimate of drug-likeness (QED) is 0.769. The summed E-state index contributed by atoms with van der Waals surface area (Å²) in [6, 6.07) is 11.0. The number of hydrogen-bond acceptors (Lipinski definition) is 5. The van der Waals surface area contributed by atoms with Crippen LogP contribution in [0.25, 0.3) is 10.9 Å². The molecule has 3 rings (SSSR count). The summed E-state index contributed by atoms with van der Waals surface area (Å²) in [6.07, 6.45) is 3.36. The van der Waals surface area contributed by atoms with E-state index in [0.717, 1.165) is 22.5 Å². The van der Waals surface area contributed by atoms with E-state index in [1.807, 2.05) is 24.3 Å². The number of nitrogens with zero attached hydrogens (tertiary/aromatic N) is 2. The Balaban J connectivity index is 1.87. The minimum absolute atomic E-state index is 0.189. The van der Waals surface area contributed by atoms with Gasteiger partial charge in [-0.2, -0.15) is 0 Å². The molecule has 3 aromatic rings. The van der Waals surface area contributed by atoms with Crippen LogP contribution >= 0.6 is 0 Å². The highest BCUT2D eigenvalue weighted by molar-refractivity contribution is 5.87. The maximum absolute atomic E-state index is 9.84. The van der Waals surface area contributed by atoms with Crippen LogP contribution in [-0.2, 0) is 6.54 Å². The molecule has 106 valence electrons. The summed E-state index contributed by atoms with van der Waals surface area (Å²) in [6.45, 7) is 0.586. The Labute approximate surface area is 122 Å². The van der Waals surface area contributed by atoms with Crippen LogP contribution in [-0.4, -0.2) is 22.2 Å². The third kappa shape index (κ3) is 2.72. The second kappa shape index (κ2) is 5.66. The van der Waals surface area contributed by atoms with Crippen molar-refractivity contribution in [1.82, 2.24) is 9.97 Å². The average Bonchev–Trinajstić information content (AvgIpc) is 2.55. The minimum Gasteiger partial charge on any atom is -0.506 e. The van der Waals surface area contributed by atoms with E-state index in [4.69, 9.17) is 4.74 Å². The first-order valence-corrected chi connectivity index (χ1v) is 6.57. The average molecular weight is 281 g/mol. The molecule has 5 heteroatoms. The zero-order chi connectivity index (χ0) is 14.7. The van der Waals surface area contributed by atoms with Crippen molar-refractivity contribution >= 4 is 16.7 Å². The molecular formula is C16H15N3O2. The number of fused-ring (bicyclic) bond motifs is 1. The van der Waals surface area contributed by atoms with Gasteiger partial charge in [0.15, 0.2) is 0 Å². The van der Waals surface area contributed by atoms with E-state index < -0.39 is 0 Å². The maximum atomic E-state index is 9.84. The fraction of sp³-hybridized carbons (Fsp3) is 0.125. The number of hydrogen-bond donors (Lipinski definition) is 2. The monoisotopic (exact) mass is 281 g/mol. The lowest BCUT2D eigenvalue weighted by Gasteiger charge is -2.10. The molecule has 0 atom stereocenters. The summed E-state index contributed by atoms with van der Waals surface area (Å²) in [5.41, 5.74) is 1.65. The van der Waals surface area contributed by atoms with E-state index in [0.29, 0.717) is 12.1 Å². The number of ether oxygens (including phenoxy) is 1. The molecular weight excluding hydrogens is 266 g/mol. The van der Waals surface area contributed by atoms with Gasteiger partial charge < -0.3 is 15.2 Å².